The number of hydrogen-bond donors (Lipinski definition) is 1. The Morgan fingerprint density at radius 1 is 1.00 bits per heavy atom. The Morgan fingerprint density at radius 2 is 1.60 bits per heavy atom. The first-order valence-electron chi connectivity index (χ1n) is 9.26. The molecular formula is C20H23N3O5S2. The standard InChI is InChI=1S/C20H23N3O5S2/c1-22(2)20(25)29-17-7-5-16(6-8-17)21-19(24)15-3-9-18(10-4-15)30(26,27)23-11-13-28-14-12-23/h3-10H,11-14H2,1-2H3,(H,21,24). The molecule has 1 fully saturated rings. The number of amides is 2. The predicted molar refractivity (Wildman–Crippen MR) is 115 cm³/mol. The second-order valence-corrected chi connectivity index (χ2v) is 9.74. The van der Waals surface area contributed by atoms with E-state index in [2.05, 4.69) is 5.32 Å². The molecule has 1 heterocycles. The van der Waals surface area contributed by atoms with Crippen LogP contribution in [0, 0.1) is 0 Å². The van der Waals surface area contributed by atoms with Gasteiger partial charge >= 0.3 is 0 Å². The highest BCUT2D eigenvalue weighted by Gasteiger charge is 2.26. The van der Waals surface area contributed by atoms with Crippen molar-refractivity contribution in [3.63, 3.8) is 0 Å². The Balaban J connectivity index is 1.64. The minimum Gasteiger partial charge on any atom is -0.379 e. The van der Waals surface area contributed by atoms with Crippen molar-refractivity contribution < 1.29 is 22.7 Å². The molecule has 0 atom stereocenters. The summed E-state index contributed by atoms with van der Waals surface area (Å²) in [6, 6.07) is 12.8. The van der Waals surface area contributed by atoms with Crippen LogP contribution in [0.25, 0.3) is 0 Å². The van der Waals surface area contributed by atoms with Crippen LogP contribution in [0.2, 0.25) is 0 Å². The van der Waals surface area contributed by atoms with Crippen LogP contribution in [0.4, 0.5) is 10.5 Å². The molecule has 1 aliphatic heterocycles. The summed E-state index contributed by atoms with van der Waals surface area (Å²) in [6.07, 6.45) is 0. The Morgan fingerprint density at radius 3 is 2.17 bits per heavy atom. The lowest BCUT2D eigenvalue weighted by atomic mass is 10.2. The fourth-order valence-electron chi connectivity index (χ4n) is 2.72. The minimum atomic E-state index is -3.60. The van der Waals surface area contributed by atoms with E-state index >= 15 is 0 Å². The highest BCUT2D eigenvalue weighted by molar-refractivity contribution is 8.13. The zero-order valence-electron chi connectivity index (χ0n) is 16.7. The molecule has 0 bridgehead atoms. The molecule has 0 aromatic heterocycles. The van der Waals surface area contributed by atoms with Gasteiger partial charge in [-0.15, -0.1) is 0 Å². The van der Waals surface area contributed by atoms with E-state index in [4.69, 9.17) is 4.74 Å². The third kappa shape index (κ3) is 5.39. The molecule has 1 saturated heterocycles. The van der Waals surface area contributed by atoms with Crippen molar-refractivity contribution >= 4 is 38.6 Å². The summed E-state index contributed by atoms with van der Waals surface area (Å²) in [5.41, 5.74) is 0.920. The molecule has 160 valence electrons. The van der Waals surface area contributed by atoms with Gasteiger partial charge in [0.1, 0.15) is 0 Å². The summed E-state index contributed by atoms with van der Waals surface area (Å²) in [5.74, 6) is -0.352. The molecule has 0 saturated carbocycles. The van der Waals surface area contributed by atoms with Gasteiger partial charge in [0.25, 0.3) is 11.1 Å². The molecule has 1 aliphatic rings. The Hall–Kier alpha value is -2.40. The fraction of sp³-hybridized carbons (Fsp3) is 0.300. The van der Waals surface area contributed by atoms with Gasteiger partial charge in [-0.2, -0.15) is 4.31 Å². The zero-order chi connectivity index (χ0) is 21.7. The van der Waals surface area contributed by atoms with Gasteiger partial charge in [-0.3, -0.25) is 9.59 Å². The van der Waals surface area contributed by atoms with Crippen molar-refractivity contribution in [1.29, 1.82) is 0 Å². The van der Waals surface area contributed by atoms with Crippen molar-refractivity contribution in [3.05, 3.63) is 54.1 Å². The molecule has 3 rings (SSSR count). The summed E-state index contributed by atoms with van der Waals surface area (Å²) in [4.78, 5) is 26.6. The van der Waals surface area contributed by atoms with Gasteiger partial charge in [-0.1, -0.05) is 0 Å². The maximum atomic E-state index is 12.7. The third-order valence-corrected chi connectivity index (χ3v) is 7.37. The predicted octanol–water partition coefficient (Wildman–Crippen LogP) is 2.73. The summed E-state index contributed by atoms with van der Waals surface area (Å²) in [7, 11) is -0.232. The van der Waals surface area contributed by atoms with E-state index in [1.807, 2.05) is 0 Å². The first-order chi connectivity index (χ1) is 14.3. The van der Waals surface area contributed by atoms with Crippen LogP contribution in [0.15, 0.2) is 58.3 Å². The number of benzene rings is 2. The monoisotopic (exact) mass is 449 g/mol. The number of morpholine rings is 1. The van der Waals surface area contributed by atoms with Gasteiger partial charge in [0.05, 0.1) is 18.1 Å². The van der Waals surface area contributed by atoms with Crippen LogP contribution >= 0.6 is 11.8 Å². The third-order valence-electron chi connectivity index (χ3n) is 4.41. The molecule has 1 N–H and O–H groups in total. The van der Waals surface area contributed by atoms with Crippen molar-refractivity contribution in [2.45, 2.75) is 9.79 Å². The smallest absolute Gasteiger partial charge is 0.285 e. The number of carbonyl (C=O) groups excluding carboxylic acids is 2. The van der Waals surface area contributed by atoms with Crippen LogP contribution in [0.3, 0.4) is 0 Å². The van der Waals surface area contributed by atoms with Gasteiger partial charge in [-0.25, -0.2) is 8.42 Å². The largest absolute Gasteiger partial charge is 0.379 e. The van der Waals surface area contributed by atoms with E-state index in [1.165, 1.54) is 33.5 Å². The first kappa shape index (κ1) is 22.3. The molecule has 30 heavy (non-hydrogen) atoms. The lowest BCUT2D eigenvalue weighted by Crippen LogP contribution is -2.40. The molecule has 8 nitrogen and oxygen atoms in total. The molecule has 0 unspecified atom stereocenters. The average Bonchev–Trinajstić information content (AvgIpc) is 2.75. The van der Waals surface area contributed by atoms with E-state index in [0.29, 0.717) is 37.6 Å². The number of sulfonamides is 1. The summed E-state index contributed by atoms with van der Waals surface area (Å²) >= 11 is 1.10. The molecule has 2 aromatic rings. The van der Waals surface area contributed by atoms with E-state index in [9.17, 15) is 18.0 Å². The second kappa shape index (κ2) is 9.61. The zero-order valence-corrected chi connectivity index (χ0v) is 18.3. The summed E-state index contributed by atoms with van der Waals surface area (Å²) in [6.45, 7) is 1.39. The number of hydrogen-bond acceptors (Lipinski definition) is 6. The van der Waals surface area contributed by atoms with Gasteiger partial charge in [0, 0.05) is 43.3 Å². The van der Waals surface area contributed by atoms with Crippen molar-refractivity contribution in [1.82, 2.24) is 9.21 Å². The van der Waals surface area contributed by atoms with Gasteiger partial charge in [0.15, 0.2) is 0 Å². The van der Waals surface area contributed by atoms with E-state index in [0.717, 1.165) is 16.7 Å². The van der Waals surface area contributed by atoms with Crippen LogP contribution in [0.1, 0.15) is 10.4 Å². The maximum Gasteiger partial charge on any atom is 0.285 e. The van der Waals surface area contributed by atoms with Crippen LogP contribution in [-0.4, -0.2) is 69.2 Å². The van der Waals surface area contributed by atoms with E-state index < -0.39 is 10.0 Å². The quantitative estimate of drug-likeness (QED) is 0.705. The van der Waals surface area contributed by atoms with Gasteiger partial charge < -0.3 is 15.0 Å². The number of ether oxygens (including phenoxy) is 1. The molecular weight excluding hydrogens is 426 g/mol. The normalized spacial score (nSPS) is 14.9. The van der Waals surface area contributed by atoms with Gasteiger partial charge in [-0.05, 0) is 60.3 Å². The maximum absolute atomic E-state index is 12.7. The van der Waals surface area contributed by atoms with Crippen molar-refractivity contribution in [2.24, 2.45) is 0 Å². The van der Waals surface area contributed by atoms with Crippen molar-refractivity contribution in [2.75, 3.05) is 45.7 Å². The first-order valence-corrected chi connectivity index (χ1v) is 11.5. The second-order valence-electron chi connectivity index (χ2n) is 6.78. The Labute approximate surface area is 180 Å². The fourth-order valence-corrected chi connectivity index (χ4v) is 4.78. The highest BCUT2D eigenvalue weighted by Crippen LogP contribution is 2.23. The van der Waals surface area contributed by atoms with Gasteiger partial charge in [0.2, 0.25) is 10.0 Å². The number of nitrogens with zero attached hydrogens (tertiary/aromatic N) is 2. The molecule has 2 amide bonds. The minimum absolute atomic E-state index is 0.0843. The Bertz CT molecular complexity index is 1000. The van der Waals surface area contributed by atoms with Crippen molar-refractivity contribution in [3.8, 4) is 0 Å². The molecule has 0 spiro atoms. The SMILES string of the molecule is CN(C)C(=O)Sc1ccc(NC(=O)c2ccc(S(=O)(=O)N3CCOCC3)cc2)cc1. The highest BCUT2D eigenvalue weighted by atomic mass is 32.2. The molecule has 0 aliphatic carbocycles. The Kier molecular flexibility index (Phi) is 7.14. The molecule has 2 aromatic carbocycles. The number of anilines is 1. The number of nitrogens with one attached hydrogen (secondary N) is 1. The van der Waals surface area contributed by atoms with Crippen LogP contribution in [0.5, 0.6) is 0 Å². The van der Waals surface area contributed by atoms with Crippen LogP contribution < -0.4 is 5.32 Å². The number of thioether (sulfide) groups is 1. The summed E-state index contributed by atoms with van der Waals surface area (Å²) < 4.78 is 31.9. The molecule has 0 radical (unpaired) electrons. The number of rotatable bonds is 5. The lowest BCUT2D eigenvalue weighted by Gasteiger charge is -2.26. The molecule has 10 heteroatoms. The number of carbonyl (C=O) groups is 2. The van der Waals surface area contributed by atoms with Crippen LogP contribution in [-0.2, 0) is 14.8 Å². The van der Waals surface area contributed by atoms with E-state index in [1.54, 1.807) is 38.4 Å². The lowest BCUT2D eigenvalue weighted by molar-refractivity contribution is 0.0730. The van der Waals surface area contributed by atoms with E-state index in [-0.39, 0.29) is 16.0 Å². The average molecular weight is 450 g/mol. The topological polar surface area (TPSA) is 96.0 Å². The summed E-state index contributed by atoms with van der Waals surface area (Å²) in [5, 5.41) is 2.68.